The SMILES string of the molecule is O=C(Cn1cnc2ccccc21)c1ccc(Br)s1. The molecule has 0 saturated carbocycles. The van der Waals surface area contributed by atoms with E-state index in [1.54, 1.807) is 6.33 Å². The number of rotatable bonds is 3. The third-order valence-electron chi connectivity index (χ3n) is 2.69. The fraction of sp³-hybridized carbons (Fsp3) is 0.0769. The van der Waals surface area contributed by atoms with Crippen molar-refractivity contribution in [2.24, 2.45) is 0 Å². The van der Waals surface area contributed by atoms with Gasteiger partial charge in [0.15, 0.2) is 5.78 Å². The Hall–Kier alpha value is -1.46. The molecule has 0 radical (unpaired) electrons. The van der Waals surface area contributed by atoms with Crippen molar-refractivity contribution < 1.29 is 4.79 Å². The molecule has 0 unspecified atom stereocenters. The van der Waals surface area contributed by atoms with Crippen LogP contribution >= 0.6 is 27.3 Å². The molecule has 0 N–H and O–H groups in total. The molecule has 0 bridgehead atoms. The van der Waals surface area contributed by atoms with Crippen molar-refractivity contribution in [3.63, 3.8) is 0 Å². The molecule has 2 aromatic heterocycles. The third-order valence-corrected chi connectivity index (χ3v) is 4.35. The van der Waals surface area contributed by atoms with Gasteiger partial charge in [-0.1, -0.05) is 12.1 Å². The van der Waals surface area contributed by atoms with Crippen molar-refractivity contribution in [1.82, 2.24) is 9.55 Å². The van der Waals surface area contributed by atoms with Crippen LogP contribution in [0.25, 0.3) is 11.0 Å². The zero-order valence-corrected chi connectivity index (χ0v) is 11.7. The number of imidazole rings is 1. The fourth-order valence-electron chi connectivity index (χ4n) is 1.83. The molecule has 5 heteroatoms. The summed E-state index contributed by atoms with van der Waals surface area (Å²) in [4.78, 5) is 17.1. The van der Waals surface area contributed by atoms with E-state index in [4.69, 9.17) is 0 Å². The van der Waals surface area contributed by atoms with Gasteiger partial charge in [0.05, 0.1) is 32.6 Å². The molecule has 0 saturated heterocycles. The smallest absolute Gasteiger partial charge is 0.192 e. The second kappa shape index (κ2) is 4.66. The Morgan fingerprint density at radius 1 is 1.28 bits per heavy atom. The summed E-state index contributed by atoms with van der Waals surface area (Å²) in [5, 5.41) is 0. The first-order chi connectivity index (χ1) is 8.74. The van der Waals surface area contributed by atoms with Gasteiger partial charge >= 0.3 is 0 Å². The van der Waals surface area contributed by atoms with Gasteiger partial charge in [-0.2, -0.15) is 0 Å². The number of fused-ring (bicyclic) bond motifs is 1. The number of thiophene rings is 1. The molecule has 90 valence electrons. The van der Waals surface area contributed by atoms with Gasteiger partial charge in [0.2, 0.25) is 0 Å². The average molecular weight is 321 g/mol. The van der Waals surface area contributed by atoms with E-state index in [0.717, 1.165) is 19.7 Å². The Labute approximate surface area is 116 Å². The lowest BCUT2D eigenvalue weighted by Gasteiger charge is -2.01. The van der Waals surface area contributed by atoms with Crippen molar-refractivity contribution >= 4 is 44.1 Å². The minimum atomic E-state index is 0.105. The van der Waals surface area contributed by atoms with Gasteiger partial charge in [0, 0.05) is 0 Å². The number of Topliss-reactive ketones (excluding diaryl/α,β-unsaturated/α-hetero) is 1. The number of carbonyl (C=O) groups excluding carboxylic acids is 1. The van der Waals surface area contributed by atoms with Crippen LogP contribution in [0.3, 0.4) is 0 Å². The van der Waals surface area contributed by atoms with Crippen molar-refractivity contribution in [3.05, 3.63) is 51.4 Å². The number of para-hydroxylation sites is 2. The van der Waals surface area contributed by atoms with Crippen molar-refractivity contribution in [3.8, 4) is 0 Å². The largest absolute Gasteiger partial charge is 0.323 e. The van der Waals surface area contributed by atoms with Gasteiger partial charge in [0.25, 0.3) is 0 Å². The molecule has 0 aliphatic carbocycles. The van der Waals surface area contributed by atoms with Gasteiger partial charge < -0.3 is 4.57 Å². The predicted molar refractivity (Wildman–Crippen MR) is 76.1 cm³/mol. The lowest BCUT2D eigenvalue weighted by Crippen LogP contribution is -2.07. The van der Waals surface area contributed by atoms with Crippen molar-refractivity contribution in [2.75, 3.05) is 0 Å². The molecule has 3 aromatic rings. The van der Waals surface area contributed by atoms with Gasteiger partial charge in [0.1, 0.15) is 0 Å². The van der Waals surface area contributed by atoms with Crippen LogP contribution in [0.1, 0.15) is 9.67 Å². The number of aromatic nitrogens is 2. The minimum Gasteiger partial charge on any atom is -0.323 e. The van der Waals surface area contributed by atoms with E-state index in [-0.39, 0.29) is 5.78 Å². The van der Waals surface area contributed by atoms with E-state index < -0.39 is 0 Å². The number of hydrogen-bond acceptors (Lipinski definition) is 3. The Balaban J connectivity index is 1.90. The number of nitrogens with zero attached hydrogens (tertiary/aromatic N) is 2. The fourth-order valence-corrected chi connectivity index (χ4v) is 3.15. The standard InChI is InChI=1S/C13H9BrN2OS/c14-13-6-5-12(18-13)11(17)7-16-8-15-9-3-1-2-4-10(9)16/h1-6,8H,7H2. The minimum absolute atomic E-state index is 0.105. The summed E-state index contributed by atoms with van der Waals surface area (Å²) in [6, 6.07) is 11.5. The first-order valence-corrected chi connectivity index (χ1v) is 7.03. The van der Waals surface area contributed by atoms with E-state index >= 15 is 0 Å². The molecule has 1 aromatic carbocycles. The molecule has 0 fully saturated rings. The molecule has 0 spiro atoms. The molecule has 0 aliphatic rings. The maximum atomic E-state index is 12.1. The van der Waals surface area contributed by atoms with Crippen LogP contribution in [0.5, 0.6) is 0 Å². The summed E-state index contributed by atoms with van der Waals surface area (Å²) >= 11 is 4.82. The van der Waals surface area contributed by atoms with Gasteiger partial charge in [-0.05, 0) is 40.2 Å². The highest BCUT2D eigenvalue weighted by atomic mass is 79.9. The topological polar surface area (TPSA) is 34.9 Å². The Bertz CT molecular complexity index is 716. The first-order valence-electron chi connectivity index (χ1n) is 5.42. The highest BCUT2D eigenvalue weighted by Gasteiger charge is 2.11. The first kappa shape index (κ1) is 11.6. The quantitative estimate of drug-likeness (QED) is 0.689. The molecule has 2 heterocycles. The highest BCUT2D eigenvalue weighted by Crippen LogP contribution is 2.23. The summed E-state index contributed by atoms with van der Waals surface area (Å²) in [6.45, 7) is 0.327. The third kappa shape index (κ3) is 2.11. The molecular weight excluding hydrogens is 312 g/mol. The maximum Gasteiger partial charge on any atom is 0.192 e. The van der Waals surface area contributed by atoms with E-state index in [0.29, 0.717) is 6.54 Å². The second-order valence-electron chi connectivity index (χ2n) is 3.89. The summed E-state index contributed by atoms with van der Waals surface area (Å²) in [5.41, 5.74) is 1.90. The van der Waals surface area contributed by atoms with Crippen LogP contribution < -0.4 is 0 Å². The van der Waals surface area contributed by atoms with Gasteiger partial charge in [-0.3, -0.25) is 4.79 Å². The number of ketones is 1. The predicted octanol–water partition coefficient (Wildman–Crippen LogP) is 3.74. The molecule has 3 rings (SSSR count). The molecule has 18 heavy (non-hydrogen) atoms. The summed E-state index contributed by atoms with van der Waals surface area (Å²) in [6.07, 6.45) is 1.71. The van der Waals surface area contributed by atoms with Crippen molar-refractivity contribution in [1.29, 1.82) is 0 Å². The molecular formula is C13H9BrN2OS. The number of carbonyl (C=O) groups is 1. The van der Waals surface area contributed by atoms with Crippen LogP contribution in [0.15, 0.2) is 46.5 Å². The number of halogens is 1. The molecule has 0 atom stereocenters. The zero-order valence-electron chi connectivity index (χ0n) is 9.34. The lowest BCUT2D eigenvalue weighted by molar-refractivity contribution is 0.0977. The zero-order chi connectivity index (χ0) is 12.5. The molecule has 3 nitrogen and oxygen atoms in total. The highest BCUT2D eigenvalue weighted by molar-refractivity contribution is 9.11. The van der Waals surface area contributed by atoms with E-state index in [1.165, 1.54) is 11.3 Å². The summed E-state index contributed by atoms with van der Waals surface area (Å²) < 4.78 is 2.85. The summed E-state index contributed by atoms with van der Waals surface area (Å²) in [5.74, 6) is 0.105. The van der Waals surface area contributed by atoms with E-state index in [9.17, 15) is 4.79 Å². The summed E-state index contributed by atoms with van der Waals surface area (Å²) in [7, 11) is 0. The van der Waals surface area contributed by atoms with Crippen LogP contribution in [-0.2, 0) is 6.54 Å². The van der Waals surface area contributed by atoms with Crippen LogP contribution in [0.4, 0.5) is 0 Å². The number of benzene rings is 1. The van der Waals surface area contributed by atoms with Gasteiger partial charge in [-0.25, -0.2) is 4.98 Å². The monoisotopic (exact) mass is 320 g/mol. The van der Waals surface area contributed by atoms with Crippen LogP contribution in [0, 0.1) is 0 Å². The Kier molecular flexibility index (Phi) is 3.01. The van der Waals surface area contributed by atoms with Crippen LogP contribution in [0.2, 0.25) is 0 Å². The molecule has 0 amide bonds. The lowest BCUT2D eigenvalue weighted by atomic mass is 10.3. The maximum absolute atomic E-state index is 12.1. The van der Waals surface area contributed by atoms with E-state index in [1.807, 2.05) is 41.0 Å². The van der Waals surface area contributed by atoms with E-state index in [2.05, 4.69) is 20.9 Å². The van der Waals surface area contributed by atoms with Gasteiger partial charge in [-0.15, -0.1) is 11.3 Å². The van der Waals surface area contributed by atoms with Crippen molar-refractivity contribution in [2.45, 2.75) is 6.54 Å². The second-order valence-corrected chi connectivity index (χ2v) is 6.35. The van der Waals surface area contributed by atoms with Crippen LogP contribution in [-0.4, -0.2) is 15.3 Å². The molecule has 0 aliphatic heterocycles. The Morgan fingerprint density at radius 3 is 2.89 bits per heavy atom. The normalized spacial score (nSPS) is 10.9. The number of hydrogen-bond donors (Lipinski definition) is 0. The Morgan fingerprint density at radius 2 is 2.11 bits per heavy atom. The average Bonchev–Trinajstić information content (AvgIpc) is 2.97.